The summed E-state index contributed by atoms with van der Waals surface area (Å²) in [5.74, 6) is 0.0814. The first-order chi connectivity index (χ1) is 15.0. The van der Waals surface area contributed by atoms with Gasteiger partial charge in [-0.3, -0.25) is 14.5 Å². The zero-order valence-corrected chi connectivity index (χ0v) is 19.3. The van der Waals surface area contributed by atoms with E-state index in [1.807, 2.05) is 23.1 Å². The van der Waals surface area contributed by atoms with Crippen LogP contribution in [-0.4, -0.2) is 79.2 Å². The van der Waals surface area contributed by atoms with Crippen molar-refractivity contribution in [3.8, 4) is 0 Å². The molecule has 2 aliphatic heterocycles. The van der Waals surface area contributed by atoms with Crippen molar-refractivity contribution in [2.24, 2.45) is 11.8 Å². The van der Waals surface area contributed by atoms with Crippen molar-refractivity contribution in [2.75, 3.05) is 51.3 Å². The van der Waals surface area contributed by atoms with Crippen LogP contribution >= 0.6 is 23.8 Å². The summed E-state index contributed by atoms with van der Waals surface area (Å²) in [6.45, 7) is 3.90. The van der Waals surface area contributed by atoms with Gasteiger partial charge in [0, 0.05) is 56.0 Å². The van der Waals surface area contributed by atoms with Crippen molar-refractivity contribution >= 4 is 46.4 Å². The molecule has 1 saturated carbocycles. The molecule has 0 bridgehead atoms. The second-order valence-electron chi connectivity index (χ2n) is 8.45. The first-order valence-electron chi connectivity index (χ1n) is 10.9. The topological polar surface area (TPSA) is 65.1 Å². The van der Waals surface area contributed by atoms with Gasteiger partial charge in [0.2, 0.25) is 11.8 Å². The van der Waals surface area contributed by atoms with E-state index in [0.717, 1.165) is 30.2 Å². The third-order valence-electron chi connectivity index (χ3n) is 6.62. The molecule has 0 spiro atoms. The Bertz CT molecular complexity index is 846. The Morgan fingerprint density at radius 1 is 1.26 bits per heavy atom. The van der Waals surface area contributed by atoms with Gasteiger partial charge in [-0.2, -0.15) is 0 Å². The van der Waals surface area contributed by atoms with E-state index in [1.165, 1.54) is 0 Å². The van der Waals surface area contributed by atoms with Crippen LogP contribution in [0.3, 0.4) is 0 Å². The molecule has 3 unspecified atom stereocenters. The van der Waals surface area contributed by atoms with Crippen LogP contribution in [0.4, 0.5) is 5.69 Å². The van der Waals surface area contributed by atoms with Crippen LogP contribution in [0, 0.1) is 11.8 Å². The minimum absolute atomic E-state index is 0.0609. The van der Waals surface area contributed by atoms with Crippen molar-refractivity contribution in [1.29, 1.82) is 0 Å². The molecule has 1 aliphatic carbocycles. The Labute approximate surface area is 193 Å². The van der Waals surface area contributed by atoms with Crippen LogP contribution in [0.15, 0.2) is 24.3 Å². The van der Waals surface area contributed by atoms with Crippen LogP contribution < -0.4 is 10.2 Å². The van der Waals surface area contributed by atoms with Crippen molar-refractivity contribution in [3.05, 3.63) is 29.3 Å². The number of nitrogens with zero attached hydrogens (tertiary/aromatic N) is 3. The maximum atomic E-state index is 13.2. The lowest BCUT2D eigenvalue weighted by atomic mass is 9.76. The third-order valence-corrected chi connectivity index (χ3v) is 7.19. The highest BCUT2D eigenvalue weighted by Gasteiger charge is 2.44. The number of ether oxygens (including phenoxy) is 1. The number of hydrogen-bond acceptors (Lipinski definition) is 5. The monoisotopic (exact) mass is 464 g/mol. The summed E-state index contributed by atoms with van der Waals surface area (Å²) in [5, 5.41) is 4.49. The normalized spacial score (nSPS) is 26.5. The van der Waals surface area contributed by atoms with Crippen molar-refractivity contribution in [1.82, 2.24) is 15.1 Å². The van der Waals surface area contributed by atoms with Crippen molar-refractivity contribution < 1.29 is 14.3 Å². The number of rotatable bonds is 5. The van der Waals surface area contributed by atoms with Gasteiger partial charge in [0.15, 0.2) is 5.11 Å². The number of carbonyl (C=O) groups is 2. The summed E-state index contributed by atoms with van der Waals surface area (Å²) < 4.78 is 5.09. The van der Waals surface area contributed by atoms with Crippen molar-refractivity contribution in [3.63, 3.8) is 0 Å². The molecule has 3 atom stereocenters. The molecule has 0 radical (unpaired) electrons. The predicted octanol–water partition coefficient (Wildman–Crippen LogP) is 2.14. The van der Waals surface area contributed by atoms with Gasteiger partial charge in [-0.05, 0) is 49.7 Å². The smallest absolute Gasteiger partial charge is 0.233 e. The Hall–Kier alpha value is -1.90. The number of anilines is 1. The molecule has 2 saturated heterocycles. The second-order valence-corrected chi connectivity index (χ2v) is 9.27. The SMILES string of the molecule is COCCN1C(=O)C2CCC(C(=O)N3CCN(c4cccc(Cl)c4)CC3)CC2NC1=S. The highest BCUT2D eigenvalue weighted by molar-refractivity contribution is 7.80. The minimum atomic E-state index is -0.118. The van der Waals surface area contributed by atoms with Gasteiger partial charge in [0.1, 0.15) is 0 Å². The van der Waals surface area contributed by atoms with Crippen LogP contribution in [-0.2, 0) is 14.3 Å². The standard InChI is InChI=1S/C22H29ClN4O3S/c1-30-12-11-27-21(29)18-6-5-15(13-19(18)24-22(27)31)20(28)26-9-7-25(8-10-26)17-4-2-3-16(23)14-17/h2-4,14-15,18-19H,5-13H2,1H3,(H,24,31). The third kappa shape index (κ3) is 4.81. The molecule has 31 heavy (non-hydrogen) atoms. The number of fused-ring (bicyclic) bond motifs is 1. The molecular weight excluding hydrogens is 436 g/mol. The second kappa shape index (κ2) is 9.71. The minimum Gasteiger partial charge on any atom is -0.383 e. The van der Waals surface area contributed by atoms with E-state index in [-0.39, 0.29) is 29.7 Å². The lowest BCUT2D eigenvalue weighted by Gasteiger charge is -2.44. The number of halogens is 1. The van der Waals surface area contributed by atoms with E-state index in [1.54, 1.807) is 12.0 Å². The fourth-order valence-corrected chi connectivity index (χ4v) is 5.41. The lowest BCUT2D eigenvalue weighted by molar-refractivity contribution is -0.142. The summed E-state index contributed by atoms with van der Waals surface area (Å²) in [6, 6.07) is 7.77. The molecule has 3 aliphatic rings. The average molecular weight is 465 g/mol. The van der Waals surface area contributed by atoms with Crippen LogP contribution in [0.5, 0.6) is 0 Å². The Balaban J connectivity index is 1.32. The number of nitrogens with one attached hydrogen (secondary N) is 1. The van der Waals surface area contributed by atoms with E-state index >= 15 is 0 Å². The van der Waals surface area contributed by atoms with Gasteiger partial charge in [0.25, 0.3) is 0 Å². The number of hydrogen-bond donors (Lipinski definition) is 1. The predicted molar refractivity (Wildman–Crippen MR) is 124 cm³/mol. The van der Waals surface area contributed by atoms with E-state index in [4.69, 9.17) is 28.6 Å². The van der Waals surface area contributed by atoms with Gasteiger partial charge in [-0.1, -0.05) is 17.7 Å². The number of carbonyl (C=O) groups excluding carboxylic acids is 2. The molecule has 9 heteroatoms. The molecule has 4 rings (SSSR count). The highest BCUT2D eigenvalue weighted by Crippen LogP contribution is 2.34. The zero-order chi connectivity index (χ0) is 22.0. The van der Waals surface area contributed by atoms with Crippen LogP contribution in [0.25, 0.3) is 0 Å². The van der Waals surface area contributed by atoms with Gasteiger partial charge in [-0.25, -0.2) is 0 Å². The number of amides is 2. The maximum absolute atomic E-state index is 13.2. The van der Waals surface area contributed by atoms with Gasteiger partial charge in [-0.15, -0.1) is 0 Å². The molecular formula is C22H29ClN4O3S. The van der Waals surface area contributed by atoms with E-state index in [9.17, 15) is 9.59 Å². The van der Waals surface area contributed by atoms with E-state index in [2.05, 4.69) is 16.3 Å². The molecule has 2 amide bonds. The fourth-order valence-electron chi connectivity index (χ4n) is 4.90. The Kier molecular flexibility index (Phi) is 6.99. The van der Waals surface area contributed by atoms with Crippen LogP contribution in [0.2, 0.25) is 5.02 Å². The molecule has 1 aromatic carbocycles. The largest absolute Gasteiger partial charge is 0.383 e. The first kappa shape index (κ1) is 22.3. The summed E-state index contributed by atoms with van der Waals surface area (Å²) >= 11 is 11.5. The van der Waals surface area contributed by atoms with Gasteiger partial charge >= 0.3 is 0 Å². The summed E-state index contributed by atoms with van der Waals surface area (Å²) in [6.07, 6.45) is 2.11. The molecule has 168 valence electrons. The zero-order valence-electron chi connectivity index (χ0n) is 17.8. The van der Waals surface area contributed by atoms with Crippen LogP contribution in [0.1, 0.15) is 19.3 Å². The Morgan fingerprint density at radius 2 is 2.03 bits per heavy atom. The van der Waals surface area contributed by atoms with Gasteiger partial charge < -0.3 is 19.9 Å². The Morgan fingerprint density at radius 3 is 2.74 bits per heavy atom. The number of piperazine rings is 1. The summed E-state index contributed by atoms with van der Waals surface area (Å²) in [4.78, 5) is 31.9. The van der Waals surface area contributed by atoms with Gasteiger partial charge in [0.05, 0.1) is 19.1 Å². The molecule has 0 aromatic heterocycles. The van der Waals surface area contributed by atoms with E-state index < -0.39 is 0 Å². The fraction of sp³-hybridized carbons (Fsp3) is 0.591. The number of thiocarbonyl (C=S) groups is 1. The average Bonchev–Trinajstić information content (AvgIpc) is 2.78. The van der Waals surface area contributed by atoms with Crippen molar-refractivity contribution in [2.45, 2.75) is 25.3 Å². The molecule has 7 nitrogen and oxygen atoms in total. The molecule has 1 N–H and O–H groups in total. The van der Waals surface area contributed by atoms with E-state index in [0.29, 0.717) is 44.2 Å². The number of benzene rings is 1. The first-order valence-corrected chi connectivity index (χ1v) is 11.7. The maximum Gasteiger partial charge on any atom is 0.233 e. The summed E-state index contributed by atoms with van der Waals surface area (Å²) in [5.41, 5.74) is 1.09. The number of methoxy groups -OCH3 is 1. The molecule has 2 heterocycles. The molecule has 1 aromatic rings. The quantitative estimate of drug-likeness (QED) is 0.673. The lowest BCUT2D eigenvalue weighted by Crippen LogP contribution is -2.62. The summed E-state index contributed by atoms with van der Waals surface area (Å²) in [7, 11) is 1.61. The highest BCUT2D eigenvalue weighted by atomic mass is 35.5. The molecule has 3 fully saturated rings.